The van der Waals surface area contributed by atoms with E-state index in [1.165, 1.54) is 0 Å². The Morgan fingerprint density at radius 2 is 1.95 bits per heavy atom. The van der Waals surface area contributed by atoms with E-state index in [1.807, 2.05) is 24.3 Å². The SMILES string of the molecule is CC1CC2CC(OCc3c(-c4c(Cl)cccc4Cl)noc3C3CC3)CC1C2c1nc2ccc(C(=O)O)cc2s1. The summed E-state index contributed by atoms with van der Waals surface area (Å²) in [6.07, 6.45) is 5.46. The van der Waals surface area contributed by atoms with E-state index >= 15 is 0 Å². The van der Waals surface area contributed by atoms with Gasteiger partial charge in [-0.2, -0.15) is 0 Å². The first-order valence-corrected chi connectivity index (χ1v) is 15.1. The maximum absolute atomic E-state index is 11.4. The number of aromatic nitrogens is 2. The van der Waals surface area contributed by atoms with Crippen LogP contribution in [0.3, 0.4) is 0 Å². The highest BCUT2D eigenvalue weighted by molar-refractivity contribution is 7.18. The second kappa shape index (κ2) is 9.88. The lowest BCUT2D eigenvalue weighted by Gasteiger charge is -2.35. The van der Waals surface area contributed by atoms with E-state index in [4.69, 9.17) is 37.4 Å². The lowest BCUT2D eigenvalue weighted by Crippen LogP contribution is -2.30. The van der Waals surface area contributed by atoms with E-state index in [1.54, 1.807) is 23.5 Å². The highest BCUT2D eigenvalue weighted by atomic mass is 35.5. The summed E-state index contributed by atoms with van der Waals surface area (Å²) in [4.78, 5) is 16.4. The third kappa shape index (κ3) is 4.57. The van der Waals surface area contributed by atoms with E-state index in [0.29, 0.717) is 63.1 Å². The van der Waals surface area contributed by atoms with Gasteiger partial charge in [0.05, 0.1) is 43.5 Å². The minimum Gasteiger partial charge on any atom is -0.478 e. The standard InChI is InChI=1S/C30H28Cl2N2O4S/c1-14-9-17-10-18(12-19(14)25(17)29-33-23-8-7-16(30(35)36)11-24(23)39-29)37-13-20-27(34-38-28(20)15-5-6-15)26-21(31)3-2-4-22(26)32/h2-4,7-8,11,14-15,17-19,25H,5-6,9-10,12-13H2,1H3,(H,35,36). The molecule has 1 N–H and O–H groups in total. The normalized spacial score (nSPS) is 26.4. The molecule has 2 aromatic heterocycles. The summed E-state index contributed by atoms with van der Waals surface area (Å²) in [6.45, 7) is 2.77. The number of carbonyl (C=O) groups is 1. The molecule has 2 aromatic carbocycles. The molecule has 5 atom stereocenters. The Kier molecular flexibility index (Phi) is 6.46. The first kappa shape index (κ1) is 25.5. The average molecular weight is 584 g/mol. The molecule has 3 aliphatic rings. The number of carboxylic acid groups (broad SMARTS) is 1. The highest BCUT2D eigenvalue weighted by Crippen LogP contribution is 2.56. The third-order valence-corrected chi connectivity index (χ3v) is 10.6. The van der Waals surface area contributed by atoms with E-state index < -0.39 is 5.97 Å². The minimum atomic E-state index is -0.907. The van der Waals surface area contributed by atoms with Crippen molar-refractivity contribution in [2.75, 3.05) is 0 Å². The van der Waals surface area contributed by atoms with Crippen molar-refractivity contribution in [1.82, 2.24) is 10.1 Å². The van der Waals surface area contributed by atoms with Gasteiger partial charge >= 0.3 is 5.97 Å². The van der Waals surface area contributed by atoms with Crippen molar-refractivity contribution >= 4 is 50.7 Å². The van der Waals surface area contributed by atoms with E-state index in [2.05, 4.69) is 12.1 Å². The number of rotatable bonds is 7. The number of benzene rings is 2. The van der Waals surface area contributed by atoms with Gasteiger partial charge in [-0.05, 0) is 80.2 Å². The number of thiazole rings is 1. The largest absolute Gasteiger partial charge is 0.478 e. The van der Waals surface area contributed by atoms with Crippen LogP contribution in [0.1, 0.15) is 77.6 Å². The zero-order valence-corrected chi connectivity index (χ0v) is 23.7. The lowest BCUT2D eigenvalue weighted by atomic mass is 9.76. The van der Waals surface area contributed by atoms with Gasteiger partial charge in [0, 0.05) is 23.0 Å². The molecular formula is C30H28Cl2N2O4S. The summed E-state index contributed by atoms with van der Waals surface area (Å²) in [5.41, 5.74) is 3.55. The van der Waals surface area contributed by atoms with Gasteiger partial charge in [0.15, 0.2) is 0 Å². The number of hydrogen-bond donors (Lipinski definition) is 1. The molecule has 6 nitrogen and oxygen atoms in total. The molecule has 3 fully saturated rings. The molecule has 39 heavy (non-hydrogen) atoms. The fourth-order valence-electron chi connectivity index (χ4n) is 6.85. The van der Waals surface area contributed by atoms with E-state index in [-0.39, 0.29) is 6.10 Å². The van der Waals surface area contributed by atoms with Crippen molar-refractivity contribution in [2.24, 2.45) is 17.8 Å². The molecule has 202 valence electrons. The fourth-order valence-corrected chi connectivity index (χ4v) is 8.70. The van der Waals surface area contributed by atoms with Gasteiger partial charge in [-0.1, -0.05) is 41.3 Å². The van der Waals surface area contributed by atoms with Crippen LogP contribution in [-0.4, -0.2) is 27.3 Å². The Morgan fingerprint density at radius 3 is 2.67 bits per heavy atom. The Hall–Kier alpha value is -2.45. The van der Waals surface area contributed by atoms with Crippen LogP contribution in [-0.2, 0) is 11.3 Å². The van der Waals surface area contributed by atoms with Crippen molar-refractivity contribution in [3.63, 3.8) is 0 Å². The highest BCUT2D eigenvalue weighted by Gasteiger charge is 2.49. The molecule has 0 saturated heterocycles. The van der Waals surface area contributed by atoms with Crippen molar-refractivity contribution in [1.29, 1.82) is 0 Å². The van der Waals surface area contributed by atoms with E-state index in [0.717, 1.165) is 58.7 Å². The number of aromatic carboxylic acids is 1. The summed E-state index contributed by atoms with van der Waals surface area (Å²) >= 11 is 14.7. The molecule has 2 bridgehead atoms. The molecule has 0 amide bonds. The zero-order chi connectivity index (χ0) is 26.8. The summed E-state index contributed by atoms with van der Waals surface area (Å²) in [7, 11) is 0. The maximum atomic E-state index is 11.4. The maximum Gasteiger partial charge on any atom is 0.335 e. The van der Waals surface area contributed by atoms with Gasteiger partial charge in [-0.25, -0.2) is 9.78 Å². The fraction of sp³-hybridized carbons (Fsp3) is 0.433. The first-order valence-electron chi connectivity index (χ1n) is 13.6. The van der Waals surface area contributed by atoms with Crippen LogP contribution >= 0.6 is 34.5 Å². The Balaban J connectivity index is 1.12. The van der Waals surface area contributed by atoms with Gasteiger partial charge in [-0.3, -0.25) is 0 Å². The summed E-state index contributed by atoms with van der Waals surface area (Å²) < 4.78 is 13.4. The zero-order valence-electron chi connectivity index (χ0n) is 21.4. The van der Waals surface area contributed by atoms with E-state index in [9.17, 15) is 9.90 Å². The predicted octanol–water partition coefficient (Wildman–Crippen LogP) is 8.57. The van der Waals surface area contributed by atoms with Crippen LogP contribution < -0.4 is 0 Å². The minimum absolute atomic E-state index is 0.144. The molecule has 3 saturated carbocycles. The van der Waals surface area contributed by atoms with Crippen molar-refractivity contribution < 1.29 is 19.2 Å². The number of fused-ring (bicyclic) bond motifs is 3. The average Bonchev–Trinajstić information content (AvgIpc) is 3.47. The van der Waals surface area contributed by atoms with Gasteiger partial charge in [0.25, 0.3) is 0 Å². The Labute approximate surface area is 240 Å². The number of carboxylic acids is 1. The number of ether oxygens (including phenoxy) is 1. The predicted molar refractivity (Wildman–Crippen MR) is 152 cm³/mol. The number of hydrogen-bond acceptors (Lipinski definition) is 6. The van der Waals surface area contributed by atoms with Crippen LogP contribution in [0.4, 0.5) is 0 Å². The van der Waals surface area contributed by atoms with Crippen molar-refractivity contribution in [3.8, 4) is 11.3 Å². The first-order chi connectivity index (χ1) is 18.9. The topological polar surface area (TPSA) is 85.5 Å². The van der Waals surface area contributed by atoms with Crippen molar-refractivity contribution in [3.05, 3.63) is 68.3 Å². The van der Waals surface area contributed by atoms with Crippen LogP contribution in [0, 0.1) is 17.8 Å². The Bertz CT molecular complexity index is 1560. The monoisotopic (exact) mass is 582 g/mol. The molecule has 4 aromatic rings. The van der Waals surface area contributed by atoms with Crippen LogP contribution in [0.5, 0.6) is 0 Å². The second-order valence-electron chi connectivity index (χ2n) is 11.4. The smallest absolute Gasteiger partial charge is 0.335 e. The molecule has 3 aliphatic carbocycles. The van der Waals surface area contributed by atoms with Gasteiger partial charge in [0.1, 0.15) is 11.5 Å². The molecule has 0 aliphatic heterocycles. The molecule has 7 rings (SSSR count). The quantitative estimate of drug-likeness (QED) is 0.235. The van der Waals surface area contributed by atoms with Crippen LogP contribution in [0.25, 0.3) is 21.5 Å². The lowest BCUT2D eigenvalue weighted by molar-refractivity contribution is -0.00949. The Morgan fingerprint density at radius 1 is 1.15 bits per heavy atom. The molecule has 0 spiro atoms. The van der Waals surface area contributed by atoms with Gasteiger partial charge in [0.2, 0.25) is 0 Å². The summed E-state index contributed by atoms with van der Waals surface area (Å²) in [6, 6.07) is 10.7. The van der Waals surface area contributed by atoms with Crippen molar-refractivity contribution in [2.45, 2.75) is 63.6 Å². The number of halogens is 2. The third-order valence-electron chi connectivity index (χ3n) is 8.84. The molecule has 5 unspecified atom stereocenters. The molecule has 2 heterocycles. The molecular weight excluding hydrogens is 555 g/mol. The summed E-state index contributed by atoms with van der Waals surface area (Å²) in [5, 5.41) is 16.0. The second-order valence-corrected chi connectivity index (χ2v) is 13.2. The molecule has 9 heteroatoms. The summed E-state index contributed by atoms with van der Waals surface area (Å²) in [5.74, 6) is 2.34. The van der Waals surface area contributed by atoms with Gasteiger partial charge < -0.3 is 14.4 Å². The van der Waals surface area contributed by atoms with Crippen LogP contribution in [0.15, 0.2) is 40.9 Å². The molecule has 0 radical (unpaired) electrons. The number of nitrogens with zero attached hydrogens (tertiary/aromatic N) is 2. The van der Waals surface area contributed by atoms with Crippen LogP contribution in [0.2, 0.25) is 10.0 Å². The van der Waals surface area contributed by atoms with Gasteiger partial charge in [-0.15, -0.1) is 11.3 Å².